The van der Waals surface area contributed by atoms with Gasteiger partial charge in [-0.2, -0.15) is 0 Å². The molecule has 64 heavy (non-hydrogen) atoms. The van der Waals surface area contributed by atoms with Crippen molar-refractivity contribution in [2.75, 3.05) is 45.9 Å². The Balaban J connectivity index is 0.00000118. The second-order valence-corrected chi connectivity index (χ2v) is 17.0. The van der Waals surface area contributed by atoms with E-state index in [0.717, 1.165) is 39.5 Å². The maximum atomic E-state index is 13.4. The topological polar surface area (TPSA) is 233 Å². The molecular weight excluding hydrogens is 859 g/mol. The molecule has 0 spiro atoms. The Morgan fingerprint density at radius 1 is 0.797 bits per heavy atom. The molecule has 3 atom stereocenters. The Bertz CT molecular complexity index is 2240. The molecule has 3 aromatic carbocycles. The highest BCUT2D eigenvalue weighted by molar-refractivity contribution is 7.47. The molecule has 18 heteroatoms. The first-order valence-corrected chi connectivity index (χ1v) is 23.8. The van der Waals surface area contributed by atoms with Gasteiger partial charge >= 0.3 is 7.82 Å². The van der Waals surface area contributed by atoms with Gasteiger partial charge in [0.1, 0.15) is 11.8 Å². The van der Waals surface area contributed by atoms with Crippen molar-refractivity contribution in [3.63, 3.8) is 0 Å². The van der Waals surface area contributed by atoms with E-state index in [1.807, 2.05) is 60.8 Å². The highest BCUT2D eigenvalue weighted by atomic mass is 35.5. The summed E-state index contributed by atoms with van der Waals surface area (Å²) in [5, 5.41) is 13.2. The van der Waals surface area contributed by atoms with Crippen LogP contribution in [0, 0.1) is 0 Å². The molecule has 0 aliphatic heterocycles. The number of H-pyrrole nitrogens is 2. The Morgan fingerprint density at radius 3 is 2.19 bits per heavy atom. The first-order valence-electron chi connectivity index (χ1n) is 21.9. The number of benzene rings is 3. The summed E-state index contributed by atoms with van der Waals surface area (Å²) in [5.41, 5.74) is 9.83. The highest BCUT2D eigenvalue weighted by Crippen LogP contribution is 2.45. The zero-order valence-corrected chi connectivity index (χ0v) is 38.6. The van der Waals surface area contributed by atoms with Crippen molar-refractivity contribution in [1.82, 2.24) is 36.1 Å². The average Bonchev–Trinajstić information content (AvgIpc) is 3.90. The van der Waals surface area contributed by atoms with Crippen molar-refractivity contribution in [3.05, 3.63) is 101 Å². The Morgan fingerprint density at radius 2 is 1.47 bits per heavy atom. The van der Waals surface area contributed by atoms with Crippen LogP contribution in [0.3, 0.4) is 0 Å². The van der Waals surface area contributed by atoms with Crippen LogP contribution in [0.1, 0.15) is 70.6 Å². The third-order valence-electron chi connectivity index (χ3n) is 10.5. The number of nitrogens with two attached hydrogens (primary N) is 1. The number of unbranched alkanes of at least 4 members (excludes halogenated alkanes) is 3. The van der Waals surface area contributed by atoms with Gasteiger partial charge in [-0.15, -0.1) is 0 Å². The fourth-order valence-electron chi connectivity index (χ4n) is 6.82. The number of aromatic amines is 2. The van der Waals surface area contributed by atoms with E-state index in [1.54, 1.807) is 12.1 Å². The van der Waals surface area contributed by atoms with Crippen molar-refractivity contribution in [2.24, 2.45) is 5.73 Å². The number of phosphoric acid groups is 1. The number of para-hydroxylation sites is 3. The predicted molar refractivity (Wildman–Crippen MR) is 252 cm³/mol. The summed E-state index contributed by atoms with van der Waals surface area (Å²) in [4.78, 5) is 70.1. The minimum Gasteiger partial charge on any atom is -0.403 e. The fraction of sp³-hybridized carbons (Fsp3) is 0.435. The Hall–Kier alpha value is -5.22. The molecule has 0 saturated carbocycles. The van der Waals surface area contributed by atoms with Gasteiger partial charge in [0.2, 0.25) is 23.6 Å². The molecule has 0 bridgehead atoms. The van der Waals surface area contributed by atoms with Gasteiger partial charge < -0.3 is 46.4 Å². The van der Waals surface area contributed by atoms with Crippen LogP contribution >= 0.6 is 19.4 Å². The van der Waals surface area contributed by atoms with Gasteiger partial charge in [0.05, 0.1) is 24.2 Å². The Labute approximate surface area is 380 Å². The van der Waals surface area contributed by atoms with Crippen LogP contribution in [0.2, 0.25) is 5.02 Å². The van der Waals surface area contributed by atoms with Gasteiger partial charge in [0, 0.05) is 60.7 Å². The maximum absolute atomic E-state index is 13.4. The third kappa shape index (κ3) is 17.7. The number of halogens is 1. The molecule has 2 aromatic heterocycles. The zero-order chi connectivity index (χ0) is 46.3. The summed E-state index contributed by atoms with van der Waals surface area (Å²) in [6.07, 6.45) is 5.32. The van der Waals surface area contributed by atoms with Gasteiger partial charge in [-0.25, -0.2) is 4.57 Å². The molecule has 0 aliphatic rings. The van der Waals surface area contributed by atoms with Crippen LogP contribution < -0.4 is 31.5 Å². The van der Waals surface area contributed by atoms with Crippen LogP contribution in [0.5, 0.6) is 5.75 Å². The maximum Gasteiger partial charge on any atom is 0.527 e. The largest absolute Gasteiger partial charge is 0.527 e. The van der Waals surface area contributed by atoms with Crippen molar-refractivity contribution in [3.8, 4) is 5.75 Å². The number of aromatic nitrogens is 2. The molecule has 0 saturated heterocycles. The van der Waals surface area contributed by atoms with E-state index in [9.17, 15) is 28.6 Å². The lowest BCUT2D eigenvalue weighted by atomic mass is 10.0. The number of hydrogen-bond donors (Lipinski definition) is 8. The summed E-state index contributed by atoms with van der Waals surface area (Å²) < 4.78 is 22.1. The third-order valence-corrected chi connectivity index (χ3v) is 11.7. The number of fused-ring (bicyclic) bond motifs is 2. The SMILES string of the molecule is CCN(CC)CC.N[C@H](Cc1cc2ccccc2[nH]1)C(=O)N[C@@H](Cc1c[nH]c2ccccc12)C(=O)NCCCC(=O)NCC(=O)NCCCCCCOP(=O)(O)Oc1ccccc1Cl. The van der Waals surface area contributed by atoms with Crippen LogP contribution in [0.25, 0.3) is 21.8 Å². The number of amides is 4. The quantitative estimate of drug-likeness (QED) is 0.0233. The number of phosphoric ester groups is 1. The molecule has 16 nitrogen and oxygen atoms in total. The molecular formula is C46H64ClN8O8P. The van der Waals surface area contributed by atoms with E-state index >= 15 is 0 Å². The molecule has 1 unspecified atom stereocenters. The molecule has 0 aliphatic carbocycles. The summed E-state index contributed by atoms with van der Waals surface area (Å²) >= 11 is 5.94. The number of carbonyl (C=O) groups excluding carboxylic acids is 4. The van der Waals surface area contributed by atoms with Crippen molar-refractivity contribution >= 4 is 64.9 Å². The second kappa shape index (κ2) is 27.2. The summed E-state index contributed by atoms with van der Waals surface area (Å²) in [5.74, 6) is -1.49. The molecule has 5 aromatic rings. The molecule has 0 fully saturated rings. The molecule has 348 valence electrons. The van der Waals surface area contributed by atoms with E-state index in [2.05, 4.69) is 56.9 Å². The molecule has 0 radical (unpaired) electrons. The van der Waals surface area contributed by atoms with Gasteiger partial charge in [-0.3, -0.25) is 28.6 Å². The van der Waals surface area contributed by atoms with Gasteiger partial charge in [0.25, 0.3) is 0 Å². The Kier molecular flexibility index (Phi) is 21.8. The standard InChI is InChI=1S/C40H49ClN7O8P.C6H15N/c41-31-14-5-8-17-36(31)56-57(53,54)55-21-10-2-1-9-19-43-38(50)26-46-37(49)18-11-20-44-40(52)35(23-28-25-45-34-16-7-4-13-30(28)34)48-39(51)32(42)24-29-22-27-12-3-6-15-33(27)47-29;1-4-7(5-2)6-3/h3-8,12-17,22,25,32,35,45,47H,1-2,9-11,18-21,23-24,26,42H2,(H,43,50)(H,44,52)(H,46,49)(H,48,51)(H,53,54);4-6H2,1-3H3/t32-,35+;/m1./s1. The predicted octanol–water partition coefficient (Wildman–Crippen LogP) is 6.13. The zero-order valence-electron chi connectivity index (χ0n) is 37.0. The first kappa shape index (κ1) is 51.4. The van der Waals surface area contributed by atoms with Gasteiger partial charge in [-0.05, 0) is 80.2 Å². The lowest BCUT2D eigenvalue weighted by Crippen LogP contribution is -2.53. The van der Waals surface area contributed by atoms with E-state index in [-0.39, 0.29) is 61.5 Å². The number of rotatable bonds is 26. The number of nitrogens with one attached hydrogen (secondary N) is 6. The minimum absolute atomic E-state index is 0.0181. The van der Waals surface area contributed by atoms with Gasteiger partial charge in [0.15, 0.2) is 0 Å². The number of carbonyl (C=O) groups is 4. The minimum atomic E-state index is -4.30. The summed E-state index contributed by atoms with van der Waals surface area (Å²) in [6.45, 7) is 10.5. The molecule has 2 heterocycles. The smallest absolute Gasteiger partial charge is 0.403 e. The van der Waals surface area contributed by atoms with E-state index in [0.29, 0.717) is 32.2 Å². The van der Waals surface area contributed by atoms with Crippen LogP contribution in [-0.2, 0) is 41.1 Å². The molecule has 5 rings (SSSR count). The fourth-order valence-corrected chi connectivity index (χ4v) is 7.87. The van der Waals surface area contributed by atoms with E-state index in [4.69, 9.17) is 26.4 Å². The molecule has 9 N–H and O–H groups in total. The van der Waals surface area contributed by atoms with Crippen LogP contribution in [0.4, 0.5) is 0 Å². The normalized spacial score (nSPS) is 13.0. The van der Waals surface area contributed by atoms with E-state index < -0.39 is 31.7 Å². The van der Waals surface area contributed by atoms with Crippen molar-refractivity contribution in [1.29, 1.82) is 0 Å². The molecule has 4 amide bonds. The van der Waals surface area contributed by atoms with Crippen molar-refractivity contribution in [2.45, 2.75) is 84.2 Å². The summed E-state index contributed by atoms with van der Waals surface area (Å²) in [6, 6.07) is 21.9. The van der Waals surface area contributed by atoms with Gasteiger partial charge in [-0.1, -0.05) is 93.7 Å². The first-order chi connectivity index (χ1) is 30.8. The van der Waals surface area contributed by atoms with Crippen molar-refractivity contribution < 1.29 is 37.7 Å². The lowest BCUT2D eigenvalue weighted by Gasteiger charge is -2.20. The van der Waals surface area contributed by atoms with E-state index in [1.165, 1.54) is 31.8 Å². The van der Waals surface area contributed by atoms with Crippen LogP contribution in [0.15, 0.2) is 85.1 Å². The monoisotopic (exact) mass is 922 g/mol. The second-order valence-electron chi connectivity index (χ2n) is 15.2. The van der Waals surface area contributed by atoms with Crippen LogP contribution in [-0.4, -0.2) is 101 Å². The highest BCUT2D eigenvalue weighted by Gasteiger charge is 2.26. The number of hydrogen-bond acceptors (Lipinski definition) is 9. The summed E-state index contributed by atoms with van der Waals surface area (Å²) in [7, 11) is -4.30. The number of nitrogens with zero attached hydrogens (tertiary/aromatic N) is 1. The average molecular weight is 923 g/mol. The lowest BCUT2D eigenvalue weighted by molar-refractivity contribution is -0.129.